The molecule has 3 heterocycles. The minimum Gasteiger partial charge on any atom is -0.307 e. The number of nitrogens with one attached hydrogen (secondary N) is 1. The summed E-state index contributed by atoms with van der Waals surface area (Å²) in [6, 6.07) is 7.21. The van der Waals surface area contributed by atoms with E-state index in [0.29, 0.717) is 17.2 Å². The average molecular weight is 296 g/mol. The normalized spacial score (nSPS) is 10.7. The van der Waals surface area contributed by atoms with E-state index >= 15 is 0 Å². The first-order valence-corrected chi connectivity index (χ1v) is 6.83. The molecular weight excluding hydrogens is 280 g/mol. The highest BCUT2D eigenvalue weighted by Crippen LogP contribution is 2.12. The number of anilines is 1. The van der Waals surface area contributed by atoms with E-state index in [2.05, 4.69) is 20.5 Å². The Morgan fingerprint density at radius 3 is 2.59 bits per heavy atom. The molecule has 22 heavy (non-hydrogen) atoms. The number of hydrogen-bond acceptors (Lipinski definition) is 4. The minimum atomic E-state index is -0.226. The maximum Gasteiger partial charge on any atom is 0.258 e. The Hall–Kier alpha value is -2.96. The molecule has 3 rings (SSSR count). The summed E-state index contributed by atoms with van der Waals surface area (Å²) in [6.07, 6.45) is 3.16. The van der Waals surface area contributed by atoms with Gasteiger partial charge in [0.1, 0.15) is 5.82 Å². The first-order valence-electron chi connectivity index (χ1n) is 6.83. The first-order chi connectivity index (χ1) is 10.5. The van der Waals surface area contributed by atoms with E-state index in [0.717, 1.165) is 11.4 Å². The Bertz CT molecular complexity index is 815. The number of amides is 1. The quantitative estimate of drug-likeness (QED) is 0.800. The number of rotatable bonds is 3. The fraction of sp³-hybridized carbons (Fsp3) is 0.200. The van der Waals surface area contributed by atoms with Crippen LogP contribution in [0.25, 0.3) is 5.82 Å². The molecule has 0 spiro atoms. The predicted molar refractivity (Wildman–Crippen MR) is 82.0 cm³/mol. The molecule has 0 aromatic carbocycles. The summed E-state index contributed by atoms with van der Waals surface area (Å²) in [5.41, 5.74) is 2.40. The Kier molecular flexibility index (Phi) is 3.46. The summed E-state index contributed by atoms with van der Waals surface area (Å²) < 4.78 is 3.34. The molecular formula is C15H16N6O. The lowest BCUT2D eigenvalue weighted by Gasteiger charge is -2.06. The second-order valence-electron chi connectivity index (χ2n) is 5.04. The van der Waals surface area contributed by atoms with Crippen molar-refractivity contribution >= 4 is 11.7 Å². The molecule has 7 heteroatoms. The minimum absolute atomic E-state index is 0.226. The van der Waals surface area contributed by atoms with Crippen LogP contribution in [0.15, 0.2) is 36.7 Å². The molecule has 0 atom stereocenters. The third kappa shape index (κ3) is 2.60. The van der Waals surface area contributed by atoms with Crippen molar-refractivity contribution in [1.82, 2.24) is 24.5 Å². The van der Waals surface area contributed by atoms with Gasteiger partial charge in [-0.3, -0.25) is 9.48 Å². The van der Waals surface area contributed by atoms with Gasteiger partial charge in [0.25, 0.3) is 5.91 Å². The summed E-state index contributed by atoms with van der Waals surface area (Å²) in [7, 11) is 1.76. The average Bonchev–Trinajstić information content (AvgIpc) is 3.05. The van der Waals surface area contributed by atoms with Crippen molar-refractivity contribution < 1.29 is 4.79 Å². The van der Waals surface area contributed by atoms with Crippen LogP contribution in [0.5, 0.6) is 0 Å². The number of pyridine rings is 1. The Morgan fingerprint density at radius 1 is 1.23 bits per heavy atom. The molecule has 7 nitrogen and oxygen atoms in total. The van der Waals surface area contributed by atoms with Gasteiger partial charge in [0.15, 0.2) is 5.82 Å². The van der Waals surface area contributed by atoms with Crippen molar-refractivity contribution in [1.29, 1.82) is 0 Å². The maximum absolute atomic E-state index is 12.2. The van der Waals surface area contributed by atoms with Gasteiger partial charge in [-0.25, -0.2) is 9.67 Å². The van der Waals surface area contributed by atoms with Crippen LogP contribution in [0, 0.1) is 13.8 Å². The monoisotopic (exact) mass is 296 g/mol. The molecule has 0 radical (unpaired) electrons. The fourth-order valence-corrected chi connectivity index (χ4v) is 2.19. The zero-order chi connectivity index (χ0) is 15.7. The third-order valence-corrected chi connectivity index (χ3v) is 3.30. The van der Waals surface area contributed by atoms with Crippen molar-refractivity contribution in [2.24, 2.45) is 7.05 Å². The van der Waals surface area contributed by atoms with Crippen LogP contribution in [0.4, 0.5) is 5.82 Å². The third-order valence-electron chi connectivity index (χ3n) is 3.30. The molecule has 112 valence electrons. The number of aromatic nitrogens is 5. The summed E-state index contributed by atoms with van der Waals surface area (Å²) in [6.45, 7) is 3.89. The van der Waals surface area contributed by atoms with E-state index in [1.807, 2.05) is 19.9 Å². The van der Waals surface area contributed by atoms with Gasteiger partial charge in [-0.05, 0) is 32.0 Å². The highest BCUT2D eigenvalue weighted by Gasteiger charge is 2.10. The molecule has 0 aliphatic carbocycles. The molecule has 1 N–H and O–H groups in total. The van der Waals surface area contributed by atoms with Crippen LogP contribution < -0.4 is 5.32 Å². The van der Waals surface area contributed by atoms with Crippen molar-refractivity contribution in [3.05, 3.63) is 53.6 Å². The van der Waals surface area contributed by atoms with Gasteiger partial charge in [0.05, 0.1) is 17.5 Å². The molecule has 1 amide bonds. The Morgan fingerprint density at radius 2 is 2.05 bits per heavy atom. The van der Waals surface area contributed by atoms with Gasteiger partial charge in [0, 0.05) is 25.0 Å². The van der Waals surface area contributed by atoms with Crippen molar-refractivity contribution in [2.45, 2.75) is 13.8 Å². The summed E-state index contributed by atoms with van der Waals surface area (Å²) >= 11 is 0. The molecule has 3 aromatic heterocycles. The van der Waals surface area contributed by atoms with E-state index in [9.17, 15) is 4.79 Å². The van der Waals surface area contributed by atoms with Gasteiger partial charge in [-0.2, -0.15) is 10.2 Å². The van der Waals surface area contributed by atoms with Crippen LogP contribution in [0.3, 0.4) is 0 Å². The zero-order valence-corrected chi connectivity index (χ0v) is 12.6. The Balaban J connectivity index is 1.81. The largest absolute Gasteiger partial charge is 0.307 e. The summed E-state index contributed by atoms with van der Waals surface area (Å²) in [5, 5.41) is 11.2. The molecule has 0 unspecified atom stereocenters. The second kappa shape index (κ2) is 5.44. The standard InChI is InChI=1S/C15H16N6O/c1-10-8-11(2)21(19-10)13-5-4-12(9-16-13)15(22)18-14-6-7-17-20(14)3/h4-9H,1-3H3,(H,18,22). The van der Waals surface area contributed by atoms with Crippen molar-refractivity contribution in [3.8, 4) is 5.82 Å². The SMILES string of the molecule is Cc1cc(C)n(-c2ccc(C(=O)Nc3ccnn3C)cn2)n1. The van der Waals surface area contributed by atoms with E-state index < -0.39 is 0 Å². The summed E-state index contributed by atoms with van der Waals surface area (Å²) in [5.74, 6) is 1.09. The van der Waals surface area contributed by atoms with Crippen molar-refractivity contribution in [3.63, 3.8) is 0 Å². The van der Waals surface area contributed by atoms with Gasteiger partial charge < -0.3 is 5.32 Å². The van der Waals surface area contributed by atoms with E-state index in [1.54, 1.807) is 40.8 Å². The Labute approximate surface area is 127 Å². The smallest absolute Gasteiger partial charge is 0.258 e. The van der Waals surface area contributed by atoms with Gasteiger partial charge in [-0.15, -0.1) is 0 Å². The summed E-state index contributed by atoms with van der Waals surface area (Å²) in [4.78, 5) is 16.5. The van der Waals surface area contributed by atoms with Gasteiger partial charge in [-0.1, -0.05) is 0 Å². The topological polar surface area (TPSA) is 77.6 Å². The highest BCUT2D eigenvalue weighted by atomic mass is 16.1. The fourth-order valence-electron chi connectivity index (χ4n) is 2.19. The van der Waals surface area contributed by atoms with E-state index in [4.69, 9.17) is 0 Å². The molecule has 0 fully saturated rings. The lowest BCUT2D eigenvalue weighted by atomic mass is 10.2. The number of carbonyl (C=O) groups excluding carboxylic acids is 1. The van der Waals surface area contributed by atoms with Gasteiger partial charge in [0.2, 0.25) is 0 Å². The molecule has 0 bridgehead atoms. The van der Waals surface area contributed by atoms with Crippen LogP contribution in [0.1, 0.15) is 21.7 Å². The number of carbonyl (C=O) groups is 1. The predicted octanol–water partition coefficient (Wildman–Crippen LogP) is 1.87. The first kappa shape index (κ1) is 14.0. The highest BCUT2D eigenvalue weighted by molar-refractivity contribution is 6.03. The molecule has 0 saturated heterocycles. The number of hydrogen-bond donors (Lipinski definition) is 1. The number of nitrogens with zero attached hydrogens (tertiary/aromatic N) is 5. The van der Waals surface area contributed by atoms with E-state index in [1.165, 1.54) is 6.20 Å². The zero-order valence-electron chi connectivity index (χ0n) is 12.6. The molecule has 0 aliphatic rings. The second-order valence-corrected chi connectivity index (χ2v) is 5.04. The van der Waals surface area contributed by atoms with Crippen LogP contribution >= 0.6 is 0 Å². The maximum atomic E-state index is 12.2. The van der Waals surface area contributed by atoms with Crippen molar-refractivity contribution in [2.75, 3.05) is 5.32 Å². The van der Waals surface area contributed by atoms with Crippen LogP contribution in [-0.4, -0.2) is 30.5 Å². The molecule has 0 saturated carbocycles. The molecule has 3 aromatic rings. The van der Waals surface area contributed by atoms with Gasteiger partial charge >= 0.3 is 0 Å². The van der Waals surface area contributed by atoms with E-state index in [-0.39, 0.29) is 5.91 Å². The molecule has 0 aliphatic heterocycles. The number of aryl methyl sites for hydroxylation is 3. The lowest BCUT2D eigenvalue weighted by Crippen LogP contribution is -2.15. The lowest BCUT2D eigenvalue weighted by molar-refractivity contribution is 0.102. The van der Waals surface area contributed by atoms with Crippen LogP contribution in [0.2, 0.25) is 0 Å². The van der Waals surface area contributed by atoms with Crippen LogP contribution in [-0.2, 0) is 7.05 Å².